The second kappa shape index (κ2) is 7.35. The molecule has 29 heavy (non-hydrogen) atoms. The summed E-state index contributed by atoms with van der Waals surface area (Å²) in [6.07, 6.45) is -4.46. The van der Waals surface area contributed by atoms with Crippen LogP contribution in [0.15, 0.2) is 59.6 Å². The minimum atomic E-state index is -4.46. The number of alkyl halides is 3. The summed E-state index contributed by atoms with van der Waals surface area (Å²) in [7, 11) is 0. The number of ether oxygens (including phenoxy) is 2. The zero-order valence-electron chi connectivity index (χ0n) is 14.8. The summed E-state index contributed by atoms with van der Waals surface area (Å²) in [5.74, 6) is -1.63. The van der Waals surface area contributed by atoms with Crippen molar-refractivity contribution in [1.82, 2.24) is 0 Å². The molecule has 0 fully saturated rings. The normalized spacial score (nSPS) is 16.6. The number of hydrogen-bond acceptors (Lipinski definition) is 3. The maximum atomic E-state index is 14.0. The Balaban J connectivity index is 1.71. The third-order valence-electron chi connectivity index (χ3n) is 4.50. The Labute approximate surface area is 162 Å². The summed E-state index contributed by atoms with van der Waals surface area (Å²) < 4.78 is 75.9. The van der Waals surface area contributed by atoms with Gasteiger partial charge in [-0.05, 0) is 29.1 Å². The molecule has 1 aliphatic rings. The zero-order chi connectivity index (χ0) is 20.6. The summed E-state index contributed by atoms with van der Waals surface area (Å²) in [6.45, 7) is -1.35. The molecule has 3 aromatic carbocycles. The Bertz CT molecular complexity index is 1070. The molecule has 1 atom stereocenters. The molecule has 0 saturated heterocycles. The highest BCUT2D eigenvalue weighted by Crippen LogP contribution is 2.36. The molecule has 1 aliphatic heterocycles. The molecule has 0 aromatic heterocycles. The predicted molar refractivity (Wildman–Crippen MR) is 97.1 cm³/mol. The lowest BCUT2D eigenvalue weighted by Crippen LogP contribution is -2.19. The van der Waals surface area contributed by atoms with E-state index in [-0.39, 0.29) is 23.8 Å². The molecule has 0 aliphatic carbocycles. The van der Waals surface area contributed by atoms with Gasteiger partial charge in [-0.15, -0.1) is 0 Å². The molecule has 4 rings (SSSR count). The Hall–Kier alpha value is -3.16. The van der Waals surface area contributed by atoms with Gasteiger partial charge in [-0.3, -0.25) is 0 Å². The molecule has 0 radical (unpaired) electrons. The number of halogens is 5. The minimum Gasteiger partial charge on any atom is -0.483 e. The van der Waals surface area contributed by atoms with Crippen LogP contribution < -0.4 is 4.74 Å². The number of fused-ring (bicyclic) bond motifs is 1. The monoisotopic (exact) mass is 407 g/mol. The van der Waals surface area contributed by atoms with Crippen molar-refractivity contribution in [3.8, 4) is 5.75 Å². The van der Waals surface area contributed by atoms with Gasteiger partial charge >= 0.3 is 6.18 Å². The van der Waals surface area contributed by atoms with Crippen LogP contribution in [-0.4, -0.2) is 25.3 Å². The van der Waals surface area contributed by atoms with Gasteiger partial charge in [-0.2, -0.15) is 13.2 Å². The van der Waals surface area contributed by atoms with Crippen LogP contribution in [-0.2, 0) is 4.74 Å². The fraction of sp³-hybridized carbons (Fsp3) is 0.190. The maximum absolute atomic E-state index is 14.0. The third kappa shape index (κ3) is 3.87. The summed E-state index contributed by atoms with van der Waals surface area (Å²) in [4.78, 5) is 4.31. The molecular weight excluding hydrogens is 393 g/mol. The van der Waals surface area contributed by atoms with Gasteiger partial charge in [0.05, 0.1) is 0 Å². The molecule has 1 heterocycles. The maximum Gasteiger partial charge on any atom is 0.422 e. The highest BCUT2D eigenvalue weighted by molar-refractivity contribution is 5.97. The Morgan fingerprint density at radius 3 is 2.31 bits per heavy atom. The summed E-state index contributed by atoms with van der Waals surface area (Å²) in [6, 6.07) is 12.7. The first-order chi connectivity index (χ1) is 13.8. The smallest absolute Gasteiger partial charge is 0.422 e. The van der Waals surface area contributed by atoms with Crippen molar-refractivity contribution in [3.63, 3.8) is 0 Å². The summed E-state index contributed by atoms with van der Waals surface area (Å²) in [5, 5.41) is 1.11. The van der Waals surface area contributed by atoms with E-state index in [9.17, 15) is 22.0 Å². The molecule has 0 bridgehead atoms. The first-order valence-corrected chi connectivity index (χ1v) is 8.69. The van der Waals surface area contributed by atoms with E-state index in [4.69, 9.17) is 9.47 Å². The topological polar surface area (TPSA) is 30.8 Å². The van der Waals surface area contributed by atoms with Crippen LogP contribution >= 0.6 is 0 Å². The van der Waals surface area contributed by atoms with Crippen molar-refractivity contribution in [1.29, 1.82) is 0 Å². The molecule has 0 N–H and O–H groups in total. The first-order valence-electron chi connectivity index (χ1n) is 8.69. The molecule has 0 saturated carbocycles. The van der Waals surface area contributed by atoms with Crippen LogP contribution in [0.5, 0.6) is 5.75 Å². The van der Waals surface area contributed by atoms with Crippen molar-refractivity contribution in [3.05, 3.63) is 77.4 Å². The predicted octanol–water partition coefficient (Wildman–Crippen LogP) is 5.58. The van der Waals surface area contributed by atoms with E-state index in [0.717, 1.165) is 12.1 Å². The third-order valence-corrected chi connectivity index (χ3v) is 4.50. The SMILES string of the molecule is Fc1cccc(F)c1C1=NC(c2ccc(OCC(F)(F)F)c3ccccc23)CO1. The Morgan fingerprint density at radius 2 is 1.62 bits per heavy atom. The lowest BCUT2D eigenvalue weighted by Gasteiger charge is -2.15. The largest absolute Gasteiger partial charge is 0.483 e. The highest BCUT2D eigenvalue weighted by atomic mass is 19.4. The van der Waals surface area contributed by atoms with Crippen molar-refractivity contribution in [2.75, 3.05) is 13.2 Å². The van der Waals surface area contributed by atoms with Crippen LogP contribution in [0.4, 0.5) is 22.0 Å². The van der Waals surface area contributed by atoms with E-state index in [0.29, 0.717) is 16.3 Å². The van der Waals surface area contributed by atoms with Crippen LogP contribution in [0.3, 0.4) is 0 Å². The van der Waals surface area contributed by atoms with Gasteiger partial charge < -0.3 is 9.47 Å². The van der Waals surface area contributed by atoms with E-state index < -0.39 is 30.5 Å². The Morgan fingerprint density at radius 1 is 0.931 bits per heavy atom. The number of aliphatic imine (C=N–C) groups is 1. The summed E-state index contributed by atoms with van der Waals surface area (Å²) >= 11 is 0. The van der Waals surface area contributed by atoms with E-state index in [1.807, 2.05) is 0 Å². The Kier molecular flexibility index (Phi) is 4.86. The number of hydrogen-bond donors (Lipinski definition) is 0. The van der Waals surface area contributed by atoms with Gasteiger partial charge in [-0.25, -0.2) is 13.8 Å². The average Bonchev–Trinajstić information content (AvgIpc) is 3.14. The highest BCUT2D eigenvalue weighted by Gasteiger charge is 2.30. The van der Waals surface area contributed by atoms with Crippen molar-refractivity contribution < 1.29 is 31.4 Å². The molecule has 0 spiro atoms. The summed E-state index contributed by atoms with van der Waals surface area (Å²) in [5.41, 5.74) is 0.316. The van der Waals surface area contributed by atoms with Crippen molar-refractivity contribution >= 4 is 16.7 Å². The van der Waals surface area contributed by atoms with Crippen LogP contribution in [0, 0.1) is 11.6 Å². The quantitative estimate of drug-likeness (QED) is 0.529. The van der Waals surface area contributed by atoms with Gasteiger partial charge in [0.1, 0.15) is 35.6 Å². The lowest BCUT2D eigenvalue weighted by atomic mass is 9.99. The van der Waals surface area contributed by atoms with E-state index in [1.165, 1.54) is 12.1 Å². The van der Waals surface area contributed by atoms with Gasteiger partial charge in [-0.1, -0.05) is 36.4 Å². The standard InChI is InChI=1S/C21H14F5NO2/c22-15-6-3-7-16(23)19(15)20-27-17(10-28-20)13-8-9-18(29-11-21(24,25)26)14-5-2-1-4-12(13)14/h1-9,17H,10-11H2. The molecule has 0 amide bonds. The van der Waals surface area contributed by atoms with E-state index >= 15 is 0 Å². The molecule has 3 aromatic rings. The van der Waals surface area contributed by atoms with E-state index in [2.05, 4.69) is 4.99 Å². The fourth-order valence-corrected chi connectivity index (χ4v) is 3.24. The fourth-order valence-electron chi connectivity index (χ4n) is 3.24. The van der Waals surface area contributed by atoms with Gasteiger partial charge in [0.25, 0.3) is 0 Å². The molecule has 150 valence electrons. The lowest BCUT2D eigenvalue weighted by molar-refractivity contribution is -0.153. The van der Waals surface area contributed by atoms with Gasteiger partial charge in [0, 0.05) is 5.39 Å². The minimum absolute atomic E-state index is 0.0514. The molecule has 1 unspecified atom stereocenters. The average molecular weight is 407 g/mol. The number of rotatable bonds is 4. The first kappa shape index (κ1) is 19.2. The molecule has 3 nitrogen and oxygen atoms in total. The van der Waals surface area contributed by atoms with Gasteiger partial charge in [0.2, 0.25) is 5.90 Å². The second-order valence-corrected chi connectivity index (χ2v) is 6.46. The van der Waals surface area contributed by atoms with Crippen LogP contribution in [0.2, 0.25) is 0 Å². The van der Waals surface area contributed by atoms with Crippen LogP contribution in [0.1, 0.15) is 17.2 Å². The molecular formula is C21H14F5NO2. The van der Waals surface area contributed by atoms with Crippen molar-refractivity contribution in [2.24, 2.45) is 4.99 Å². The zero-order valence-corrected chi connectivity index (χ0v) is 14.8. The number of nitrogens with zero attached hydrogens (tertiary/aromatic N) is 1. The van der Waals surface area contributed by atoms with E-state index in [1.54, 1.807) is 30.3 Å². The van der Waals surface area contributed by atoms with Crippen molar-refractivity contribution in [2.45, 2.75) is 12.2 Å². The molecule has 8 heteroatoms. The second-order valence-electron chi connectivity index (χ2n) is 6.46. The van der Waals surface area contributed by atoms with Crippen LogP contribution in [0.25, 0.3) is 10.8 Å². The van der Waals surface area contributed by atoms with Gasteiger partial charge in [0.15, 0.2) is 6.61 Å². The number of benzene rings is 3.